The van der Waals surface area contributed by atoms with Crippen LogP contribution in [0.2, 0.25) is 0 Å². The molecule has 0 spiro atoms. The van der Waals surface area contributed by atoms with Crippen LogP contribution in [0.15, 0.2) is 24.3 Å². The van der Waals surface area contributed by atoms with Gasteiger partial charge in [-0.15, -0.1) is 0 Å². The fraction of sp³-hybridized carbons (Fsp3) is 0.538. The predicted octanol–water partition coefficient (Wildman–Crippen LogP) is 2.97. The number of hydrogen-bond acceptors (Lipinski definition) is 2. The van der Waals surface area contributed by atoms with E-state index in [1.807, 2.05) is 13.8 Å². The summed E-state index contributed by atoms with van der Waals surface area (Å²) in [6, 6.07) is 5.08. The van der Waals surface area contributed by atoms with Crippen LogP contribution in [0.25, 0.3) is 0 Å². The molecule has 0 fully saturated rings. The van der Waals surface area contributed by atoms with Gasteiger partial charge in [-0.2, -0.15) is 13.2 Å². The van der Waals surface area contributed by atoms with Gasteiger partial charge >= 0.3 is 6.18 Å². The van der Waals surface area contributed by atoms with Crippen LogP contribution in [0.3, 0.4) is 0 Å². The number of hydrogen-bond donors (Lipinski definition) is 2. The first-order valence-electron chi connectivity index (χ1n) is 5.83. The van der Waals surface area contributed by atoms with Crippen LogP contribution in [-0.2, 0) is 6.18 Å². The summed E-state index contributed by atoms with van der Waals surface area (Å²) >= 11 is 0. The lowest BCUT2D eigenvalue weighted by molar-refractivity contribution is -0.139. The third kappa shape index (κ3) is 3.23. The molecule has 18 heavy (non-hydrogen) atoms. The van der Waals surface area contributed by atoms with Crippen LogP contribution in [-0.4, -0.2) is 11.7 Å². The number of nitrogens with two attached hydrogens (primary N) is 1. The normalized spacial score (nSPS) is 15.8. The van der Waals surface area contributed by atoms with Gasteiger partial charge in [-0.25, -0.2) is 0 Å². The van der Waals surface area contributed by atoms with Crippen molar-refractivity contribution in [1.82, 2.24) is 0 Å². The van der Waals surface area contributed by atoms with Crippen molar-refractivity contribution in [1.29, 1.82) is 0 Å². The van der Waals surface area contributed by atoms with E-state index < -0.39 is 23.8 Å². The zero-order valence-corrected chi connectivity index (χ0v) is 10.4. The van der Waals surface area contributed by atoms with E-state index in [1.165, 1.54) is 18.2 Å². The van der Waals surface area contributed by atoms with E-state index in [4.69, 9.17) is 5.73 Å². The van der Waals surface area contributed by atoms with Gasteiger partial charge in [0, 0.05) is 5.92 Å². The van der Waals surface area contributed by atoms with Gasteiger partial charge in [0.15, 0.2) is 0 Å². The van der Waals surface area contributed by atoms with Gasteiger partial charge in [-0.05, 0) is 24.1 Å². The summed E-state index contributed by atoms with van der Waals surface area (Å²) in [5.41, 5.74) is 4.63. The van der Waals surface area contributed by atoms with Crippen molar-refractivity contribution in [2.75, 3.05) is 6.54 Å². The van der Waals surface area contributed by atoms with E-state index in [9.17, 15) is 18.3 Å². The number of rotatable bonds is 4. The summed E-state index contributed by atoms with van der Waals surface area (Å²) in [4.78, 5) is 0. The van der Waals surface area contributed by atoms with Gasteiger partial charge < -0.3 is 10.8 Å². The van der Waals surface area contributed by atoms with Crippen molar-refractivity contribution < 1.29 is 18.3 Å². The minimum absolute atomic E-state index is 0.00582. The molecule has 0 aliphatic heterocycles. The highest BCUT2D eigenvalue weighted by atomic mass is 19.4. The second-order valence-corrected chi connectivity index (χ2v) is 4.67. The van der Waals surface area contributed by atoms with Crippen molar-refractivity contribution >= 4 is 0 Å². The Morgan fingerprint density at radius 3 is 2.22 bits per heavy atom. The summed E-state index contributed by atoms with van der Waals surface area (Å²) in [6.07, 6.45) is -5.67. The average Bonchev–Trinajstić information content (AvgIpc) is 2.28. The maximum absolute atomic E-state index is 12.8. The number of halogens is 3. The number of aliphatic hydroxyl groups is 1. The Balaban J connectivity index is 3.17. The summed E-state index contributed by atoms with van der Waals surface area (Å²) in [6.45, 7) is 3.80. The Kier molecular flexibility index (Phi) is 4.76. The Bertz CT molecular complexity index is 390. The second kappa shape index (κ2) is 5.71. The topological polar surface area (TPSA) is 46.2 Å². The Labute approximate surface area is 105 Å². The summed E-state index contributed by atoms with van der Waals surface area (Å²) < 4.78 is 38.5. The highest BCUT2D eigenvalue weighted by molar-refractivity contribution is 5.32. The lowest BCUT2D eigenvalue weighted by atomic mass is 9.85. The Morgan fingerprint density at radius 1 is 1.22 bits per heavy atom. The molecule has 0 saturated heterocycles. The monoisotopic (exact) mass is 261 g/mol. The number of aliphatic hydroxyl groups excluding tert-OH is 1. The molecule has 1 aromatic carbocycles. The zero-order chi connectivity index (χ0) is 13.9. The van der Waals surface area contributed by atoms with E-state index in [0.29, 0.717) is 0 Å². The molecule has 0 saturated carbocycles. The van der Waals surface area contributed by atoms with Gasteiger partial charge in [0.1, 0.15) is 0 Å². The quantitative estimate of drug-likeness (QED) is 0.875. The van der Waals surface area contributed by atoms with Crippen molar-refractivity contribution in [3.63, 3.8) is 0 Å². The van der Waals surface area contributed by atoms with Gasteiger partial charge in [-0.1, -0.05) is 32.0 Å². The molecule has 0 aliphatic carbocycles. The van der Waals surface area contributed by atoms with Gasteiger partial charge in [0.05, 0.1) is 11.7 Å². The van der Waals surface area contributed by atoms with Gasteiger partial charge in [-0.3, -0.25) is 0 Å². The Hall–Kier alpha value is -1.07. The first-order chi connectivity index (χ1) is 8.29. The molecule has 102 valence electrons. The highest BCUT2D eigenvalue weighted by Crippen LogP contribution is 2.37. The molecule has 1 rings (SSSR count). The number of alkyl halides is 3. The summed E-state index contributed by atoms with van der Waals surface area (Å²) in [5.74, 6) is -0.389. The van der Waals surface area contributed by atoms with Crippen molar-refractivity contribution in [3.8, 4) is 0 Å². The summed E-state index contributed by atoms with van der Waals surface area (Å²) in [5, 5.41) is 10.1. The first kappa shape index (κ1) is 15.0. The fourth-order valence-electron chi connectivity index (χ4n) is 2.01. The van der Waals surface area contributed by atoms with E-state index >= 15 is 0 Å². The van der Waals surface area contributed by atoms with E-state index in [-0.39, 0.29) is 18.0 Å². The van der Waals surface area contributed by atoms with E-state index in [1.54, 1.807) is 0 Å². The zero-order valence-electron chi connectivity index (χ0n) is 10.4. The largest absolute Gasteiger partial charge is 0.416 e. The lowest BCUT2D eigenvalue weighted by Gasteiger charge is -2.27. The van der Waals surface area contributed by atoms with Crippen LogP contribution in [0, 0.1) is 11.8 Å². The second-order valence-electron chi connectivity index (χ2n) is 4.67. The molecule has 3 N–H and O–H groups in total. The molecule has 0 heterocycles. The molecular formula is C13H18F3NO. The van der Waals surface area contributed by atoms with Crippen molar-refractivity contribution in [2.45, 2.75) is 26.1 Å². The third-order valence-corrected chi connectivity index (χ3v) is 3.12. The molecule has 2 nitrogen and oxygen atoms in total. The molecule has 2 unspecified atom stereocenters. The van der Waals surface area contributed by atoms with Crippen LogP contribution in [0.4, 0.5) is 13.2 Å². The van der Waals surface area contributed by atoms with Gasteiger partial charge in [0.25, 0.3) is 0 Å². The standard InChI is InChI=1S/C13H18F3NO/c1-8(2)10(7-17)12(18)9-5-3-4-6-11(9)13(14,15)16/h3-6,8,10,12,18H,7,17H2,1-2H3. The fourth-order valence-corrected chi connectivity index (χ4v) is 2.01. The minimum atomic E-state index is -4.46. The maximum Gasteiger partial charge on any atom is 0.416 e. The van der Waals surface area contributed by atoms with E-state index in [2.05, 4.69) is 0 Å². The van der Waals surface area contributed by atoms with Crippen LogP contribution in [0.1, 0.15) is 31.1 Å². The molecule has 0 aromatic heterocycles. The summed E-state index contributed by atoms with van der Waals surface area (Å²) in [7, 11) is 0. The first-order valence-corrected chi connectivity index (χ1v) is 5.83. The van der Waals surface area contributed by atoms with Crippen LogP contribution in [0.5, 0.6) is 0 Å². The molecule has 5 heteroatoms. The highest BCUT2D eigenvalue weighted by Gasteiger charge is 2.36. The number of benzene rings is 1. The van der Waals surface area contributed by atoms with E-state index in [0.717, 1.165) is 6.07 Å². The smallest absolute Gasteiger partial charge is 0.388 e. The molecule has 0 aliphatic rings. The predicted molar refractivity (Wildman–Crippen MR) is 63.8 cm³/mol. The molecule has 1 aromatic rings. The maximum atomic E-state index is 12.8. The SMILES string of the molecule is CC(C)C(CN)C(O)c1ccccc1C(F)(F)F. The molecular weight excluding hydrogens is 243 g/mol. The molecule has 2 atom stereocenters. The molecule has 0 bridgehead atoms. The average molecular weight is 261 g/mol. The third-order valence-electron chi connectivity index (χ3n) is 3.12. The van der Waals surface area contributed by atoms with Crippen molar-refractivity contribution in [3.05, 3.63) is 35.4 Å². The van der Waals surface area contributed by atoms with Gasteiger partial charge in [0.2, 0.25) is 0 Å². The van der Waals surface area contributed by atoms with Crippen LogP contribution < -0.4 is 5.73 Å². The Morgan fingerprint density at radius 2 is 1.78 bits per heavy atom. The lowest BCUT2D eigenvalue weighted by Crippen LogP contribution is -2.28. The van der Waals surface area contributed by atoms with Crippen LogP contribution >= 0.6 is 0 Å². The molecule has 0 amide bonds. The molecule has 0 radical (unpaired) electrons. The minimum Gasteiger partial charge on any atom is -0.388 e. The van der Waals surface area contributed by atoms with Crippen molar-refractivity contribution in [2.24, 2.45) is 17.6 Å².